The zero-order chi connectivity index (χ0) is 13.3. The Kier molecular flexibility index (Phi) is 3.66. The van der Waals surface area contributed by atoms with Crippen molar-refractivity contribution in [3.05, 3.63) is 57.2 Å². The molecule has 0 saturated carbocycles. The Morgan fingerprint density at radius 2 is 1.56 bits per heavy atom. The normalized spacial score (nSPS) is 11.6. The molecule has 2 aromatic rings. The molecule has 0 spiro atoms. The van der Waals surface area contributed by atoms with Crippen molar-refractivity contribution in [3.63, 3.8) is 0 Å². The summed E-state index contributed by atoms with van der Waals surface area (Å²) < 4.78 is 38.5. The molecule has 18 heavy (non-hydrogen) atoms. The van der Waals surface area contributed by atoms with Crippen molar-refractivity contribution < 1.29 is 13.2 Å². The number of hydrogen-bond acceptors (Lipinski definition) is 0. The quantitative estimate of drug-likeness (QED) is 0.605. The molecule has 0 saturated heterocycles. The third-order valence-electron chi connectivity index (χ3n) is 2.72. The molecule has 0 radical (unpaired) electrons. The van der Waals surface area contributed by atoms with Crippen molar-refractivity contribution in [2.75, 3.05) is 0 Å². The second-order valence-electron chi connectivity index (χ2n) is 4.03. The molecule has 0 bridgehead atoms. The van der Waals surface area contributed by atoms with Crippen LogP contribution in [-0.4, -0.2) is 0 Å². The van der Waals surface area contributed by atoms with Crippen LogP contribution >= 0.6 is 22.6 Å². The zero-order valence-electron chi connectivity index (χ0n) is 9.55. The number of rotatable bonds is 1. The standard InChI is InChI=1S/C14H10F3I/c1-9-2-7-12(18)8-13(9)10-3-5-11(6-4-10)14(15,16)17/h2-8H,1H3. The largest absolute Gasteiger partial charge is 0.416 e. The molecule has 0 aromatic heterocycles. The Bertz CT molecular complexity index is 556. The first kappa shape index (κ1) is 13.4. The minimum absolute atomic E-state index is 0.616. The Morgan fingerprint density at radius 3 is 2.11 bits per heavy atom. The van der Waals surface area contributed by atoms with E-state index in [4.69, 9.17) is 0 Å². The van der Waals surface area contributed by atoms with Gasteiger partial charge in [-0.1, -0.05) is 18.2 Å². The lowest BCUT2D eigenvalue weighted by atomic mass is 9.99. The molecule has 0 atom stereocenters. The van der Waals surface area contributed by atoms with Crippen molar-refractivity contribution in [1.29, 1.82) is 0 Å². The summed E-state index contributed by atoms with van der Waals surface area (Å²) in [5, 5.41) is 0. The third kappa shape index (κ3) is 2.85. The van der Waals surface area contributed by atoms with Gasteiger partial charge in [-0.3, -0.25) is 0 Å². The molecule has 4 heteroatoms. The predicted molar refractivity (Wildman–Crippen MR) is 74.3 cm³/mol. The molecular weight excluding hydrogens is 352 g/mol. The van der Waals surface area contributed by atoms with Crippen LogP contribution in [0.4, 0.5) is 13.2 Å². The molecule has 0 fully saturated rings. The first-order valence-electron chi connectivity index (χ1n) is 5.32. The van der Waals surface area contributed by atoms with Crippen LogP contribution in [-0.2, 0) is 6.18 Å². The highest BCUT2D eigenvalue weighted by Gasteiger charge is 2.29. The lowest BCUT2D eigenvalue weighted by Gasteiger charge is -2.10. The topological polar surface area (TPSA) is 0 Å². The smallest absolute Gasteiger partial charge is 0.166 e. The van der Waals surface area contributed by atoms with E-state index in [9.17, 15) is 13.2 Å². The first-order chi connectivity index (χ1) is 8.38. The molecule has 0 amide bonds. The summed E-state index contributed by atoms with van der Waals surface area (Å²) in [7, 11) is 0. The average Bonchev–Trinajstić information content (AvgIpc) is 2.31. The zero-order valence-corrected chi connectivity index (χ0v) is 11.7. The minimum Gasteiger partial charge on any atom is -0.166 e. The molecule has 0 aliphatic heterocycles. The van der Waals surface area contributed by atoms with E-state index in [1.54, 1.807) is 0 Å². The highest BCUT2D eigenvalue weighted by Crippen LogP contribution is 2.32. The van der Waals surface area contributed by atoms with Gasteiger partial charge in [0.05, 0.1) is 5.56 Å². The van der Waals surface area contributed by atoms with Gasteiger partial charge in [0.2, 0.25) is 0 Å². The second kappa shape index (κ2) is 4.91. The maximum absolute atomic E-state index is 12.5. The van der Waals surface area contributed by atoms with Gasteiger partial charge in [0.15, 0.2) is 0 Å². The van der Waals surface area contributed by atoms with Crippen LogP contribution in [0.15, 0.2) is 42.5 Å². The van der Waals surface area contributed by atoms with Crippen LogP contribution in [0.2, 0.25) is 0 Å². The predicted octanol–water partition coefficient (Wildman–Crippen LogP) is 5.29. The fourth-order valence-corrected chi connectivity index (χ4v) is 2.24. The fraction of sp³-hybridized carbons (Fsp3) is 0.143. The SMILES string of the molecule is Cc1ccc(I)cc1-c1ccc(C(F)(F)F)cc1. The van der Waals surface area contributed by atoms with Gasteiger partial charge >= 0.3 is 6.18 Å². The Balaban J connectivity index is 2.43. The van der Waals surface area contributed by atoms with Crippen LogP contribution < -0.4 is 0 Å². The lowest BCUT2D eigenvalue weighted by Crippen LogP contribution is -2.04. The van der Waals surface area contributed by atoms with Crippen LogP contribution in [0.3, 0.4) is 0 Å². The van der Waals surface area contributed by atoms with Gasteiger partial charge in [0, 0.05) is 3.57 Å². The third-order valence-corrected chi connectivity index (χ3v) is 3.39. The van der Waals surface area contributed by atoms with Crippen molar-refractivity contribution >= 4 is 22.6 Å². The maximum Gasteiger partial charge on any atom is 0.416 e. The highest BCUT2D eigenvalue weighted by atomic mass is 127. The summed E-state index contributed by atoms with van der Waals surface area (Å²) in [6.45, 7) is 1.95. The van der Waals surface area contributed by atoms with E-state index in [2.05, 4.69) is 22.6 Å². The molecule has 2 aromatic carbocycles. The summed E-state index contributed by atoms with van der Waals surface area (Å²) in [5.41, 5.74) is 2.21. The summed E-state index contributed by atoms with van der Waals surface area (Å²) in [5.74, 6) is 0. The molecule has 94 valence electrons. The summed E-state index contributed by atoms with van der Waals surface area (Å²) in [4.78, 5) is 0. The molecule has 0 heterocycles. The summed E-state index contributed by atoms with van der Waals surface area (Å²) in [6.07, 6.45) is -4.28. The van der Waals surface area contributed by atoms with E-state index >= 15 is 0 Å². The number of aryl methyl sites for hydroxylation is 1. The van der Waals surface area contributed by atoms with Crippen molar-refractivity contribution in [2.24, 2.45) is 0 Å². The van der Waals surface area contributed by atoms with Gasteiger partial charge in [-0.2, -0.15) is 13.2 Å². The molecule has 0 aliphatic carbocycles. The van der Waals surface area contributed by atoms with Gasteiger partial charge in [0.1, 0.15) is 0 Å². The van der Waals surface area contributed by atoms with Crippen LogP contribution in [0, 0.1) is 10.5 Å². The number of hydrogen-bond donors (Lipinski definition) is 0. The van der Waals surface area contributed by atoms with E-state index < -0.39 is 11.7 Å². The van der Waals surface area contributed by atoms with Crippen LogP contribution in [0.25, 0.3) is 11.1 Å². The molecular formula is C14H10F3I. The van der Waals surface area contributed by atoms with E-state index in [1.807, 2.05) is 25.1 Å². The molecule has 0 N–H and O–H groups in total. The Labute approximate surface area is 117 Å². The number of benzene rings is 2. The van der Waals surface area contributed by atoms with Gasteiger partial charge < -0.3 is 0 Å². The van der Waals surface area contributed by atoms with Crippen LogP contribution in [0.5, 0.6) is 0 Å². The maximum atomic E-state index is 12.5. The monoisotopic (exact) mass is 362 g/mol. The minimum atomic E-state index is -4.28. The lowest BCUT2D eigenvalue weighted by molar-refractivity contribution is -0.137. The highest BCUT2D eigenvalue weighted by molar-refractivity contribution is 14.1. The molecule has 2 rings (SSSR count). The van der Waals surface area contributed by atoms with E-state index in [0.717, 1.165) is 32.4 Å². The molecule has 0 unspecified atom stereocenters. The fourth-order valence-electron chi connectivity index (χ4n) is 1.74. The van der Waals surface area contributed by atoms with Gasteiger partial charge in [-0.15, -0.1) is 0 Å². The average molecular weight is 362 g/mol. The number of alkyl halides is 3. The van der Waals surface area contributed by atoms with E-state index in [1.165, 1.54) is 12.1 Å². The van der Waals surface area contributed by atoms with E-state index in [0.29, 0.717) is 0 Å². The van der Waals surface area contributed by atoms with Gasteiger partial charge in [-0.05, 0) is 70.5 Å². The van der Waals surface area contributed by atoms with Gasteiger partial charge in [0.25, 0.3) is 0 Å². The summed E-state index contributed by atoms with van der Waals surface area (Å²) >= 11 is 2.19. The van der Waals surface area contributed by atoms with Crippen molar-refractivity contribution in [2.45, 2.75) is 13.1 Å². The molecule has 0 aliphatic rings. The van der Waals surface area contributed by atoms with Crippen molar-refractivity contribution in [1.82, 2.24) is 0 Å². The van der Waals surface area contributed by atoms with Crippen LogP contribution in [0.1, 0.15) is 11.1 Å². The molecule has 0 nitrogen and oxygen atoms in total. The summed E-state index contributed by atoms with van der Waals surface area (Å²) in [6, 6.07) is 11.2. The van der Waals surface area contributed by atoms with Gasteiger partial charge in [-0.25, -0.2) is 0 Å². The second-order valence-corrected chi connectivity index (χ2v) is 5.28. The Hall–Kier alpha value is -1.04. The number of halogens is 4. The van der Waals surface area contributed by atoms with Crippen molar-refractivity contribution in [3.8, 4) is 11.1 Å². The first-order valence-corrected chi connectivity index (χ1v) is 6.39. The Morgan fingerprint density at radius 1 is 0.944 bits per heavy atom. The van der Waals surface area contributed by atoms with E-state index in [-0.39, 0.29) is 0 Å².